The second kappa shape index (κ2) is 6.15. The van der Waals surface area contributed by atoms with Crippen LogP contribution in [0.25, 0.3) is 0 Å². The van der Waals surface area contributed by atoms with Crippen molar-refractivity contribution >= 4 is 12.6 Å². The normalized spacial score (nSPS) is 32.6. The zero-order valence-electron chi connectivity index (χ0n) is 9.83. The van der Waals surface area contributed by atoms with Gasteiger partial charge in [-0.2, -0.15) is 12.6 Å². The Labute approximate surface area is 100 Å². The molecule has 1 aliphatic carbocycles. The highest BCUT2D eigenvalue weighted by molar-refractivity contribution is 7.80. The van der Waals surface area contributed by atoms with E-state index in [0.717, 1.165) is 17.7 Å². The minimum atomic E-state index is 0.951. The summed E-state index contributed by atoms with van der Waals surface area (Å²) in [6, 6.07) is 0.951. The molecule has 2 heteroatoms. The van der Waals surface area contributed by atoms with E-state index in [9.17, 15) is 0 Å². The molecular weight excluding hydrogens is 202 g/mol. The Bertz CT molecular complexity index is 181. The summed E-state index contributed by atoms with van der Waals surface area (Å²) in [6.45, 7) is 2.70. The molecule has 2 rings (SSSR count). The molecule has 0 N–H and O–H groups in total. The first-order valence-electron chi connectivity index (χ1n) is 6.76. The Morgan fingerprint density at radius 3 is 2.67 bits per heavy atom. The molecule has 1 nitrogen and oxygen atoms in total. The Kier molecular flexibility index (Phi) is 4.83. The second-order valence-corrected chi connectivity index (χ2v) is 5.67. The van der Waals surface area contributed by atoms with E-state index >= 15 is 0 Å². The third kappa shape index (κ3) is 3.13. The van der Waals surface area contributed by atoms with Gasteiger partial charge in [0.05, 0.1) is 0 Å². The zero-order chi connectivity index (χ0) is 10.5. The topological polar surface area (TPSA) is 3.24 Å². The van der Waals surface area contributed by atoms with Gasteiger partial charge in [-0.15, -0.1) is 0 Å². The summed E-state index contributed by atoms with van der Waals surface area (Å²) in [5, 5.41) is 0. The Hall–Kier alpha value is 0.310. The lowest BCUT2D eigenvalue weighted by molar-refractivity contribution is 0.0600. The number of unbranched alkanes of at least 4 members (excludes halogenated alkanes) is 1. The van der Waals surface area contributed by atoms with Crippen LogP contribution in [0.4, 0.5) is 0 Å². The van der Waals surface area contributed by atoms with Gasteiger partial charge in [0, 0.05) is 6.04 Å². The highest BCUT2D eigenvalue weighted by atomic mass is 32.1. The predicted molar refractivity (Wildman–Crippen MR) is 69.6 cm³/mol. The maximum absolute atomic E-state index is 4.29. The minimum absolute atomic E-state index is 0.951. The van der Waals surface area contributed by atoms with Crippen LogP contribution in [0.15, 0.2) is 0 Å². The van der Waals surface area contributed by atoms with Gasteiger partial charge in [0.1, 0.15) is 0 Å². The van der Waals surface area contributed by atoms with E-state index in [1.165, 1.54) is 64.5 Å². The molecule has 0 radical (unpaired) electrons. The van der Waals surface area contributed by atoms with Crippen LogP contribution in [0.3, 0.4) is 0 Å². The van der Waals surface area contributed by atoms with Crippen molar-refractivity contribution in [2.45, 2.75) is 57.4 Å². The van der Waals surface area contributed by atoms with E-state index in [-0.39, 0.29) is 0 Å². The molecule has 2 aliphatic rings. The summed E-state index contributed by atoms with van der Waals surface area (Å²) in [6.07, 6.45) is 11.6. The molecule has 0 aromatic carbocycles. The van der Waals surface area contributed by atoms with Crippen molar-refractivity contribution in [3.8, 4) is 0 Å². The summed E-state index contributed by atoms with van der Waals surface area (Å²) in [5.41, 5.74) is 0. The molecule has 2 unspecified atom stereocenters. The molecule has 1 aliphatic heterocycles. The van der Waals surface area contributed by atoms with E-state index in [4.69, 9.17) is 0 Å². The summed E-state index contributed by atoms with van der Waals surface area (Å²) in [5.74, 6) is 2.10. The van der Waals surface area contributed by atoms with Gasteiger partial charge in [0.2, 0.25) is 0 Å². The van der Waals surface area contributed by atoms with Gasteiger partial charge in [-0.05, 0) is 63.3 Å². The molecule has 0 amide bonds. The Morgan fingerprint density at radius 2 is 1.80 bits per heavy atom. The molecule has 1 saturated carbocycles. The van der Waals surface area contributed by atoms with E-state index in [1.807, 2.05) is 0 Å². The number of nitrogens with zero attached hydrogens (tertiary/aromatic N) is 1. The number of likely N-dealkylation sites (tertiary alicyclic amines) is 1. The quantitative estimate of drug-likeness (QED) is 0.569. The number of fused-ring (bicyclic) bond motifs is 1. The molecular formula is C13H25NS. The summed E-state index contributed by atoms with van der Waals surface area (Å²) in [4.78, 5) is 2.79. The standard InChI is InChI=1S/C13H25NS/c15-11-4-3-9-14-10-5-7-12-6-1-2-8-13(12)14/h12-13,15H,1-11H2. The molecule has 2 fully saturated rings. The van der Waals surface area contributed by atoms with Crippen molar-refractivity contribution in [1.82, 2.24) is 4.90 Å². The number of hydrogen-bond acceptors (Lipinski definition) is 2. The van der Waals surface area contributed by atoms with Crippen molar-refractivity contribution in [2.24, 2.45) is 5.92 Å². The number of piperidine rings is 1. The van der Waals surface area contributed by atoms with Gasteiger partial charge >= 0.3 is 0 Å². The summed E-state index contributed by atoms with van der Waals surface area (Å²) >= 11 is 4.29. The fourth-order valence-corrected chi connectivity index (χ4v) is 3.66. The average molecular weight is 227 g/mol. The van der Waals surface area contributed by atoms with E-state index in [1.54, 1.807) is 0 Å². The third-order valence-corrected chi connectivity index (χ3v) is 4.53. The summed E-state index contributed by atoms with van der Waals surface area (Å²) < 4.78 is 0. The summed E-state index contributed by atoms with van der Waals surface area (Å²) in [7, 11) is 0. The van der Waals surface area contributed by atoms with Crippen LogP contribution in [0.5, 0.6) is 0 Å². The zero-order valence-corrected chi connectivity index (χ0v) is 10.7. The third-order valence-electron chi connectivity index (χ3n) is 4.21. The first kappa shape index (κ1) is 11.8. The molecule has 88 valence electrons. The van der Waals surface area contributed by atoms with Crippen LogP contribution in [0.1, 0.15) is 51.4 Å². The van der Waals surface area contributed by atoms with Gasteiger partial charge < -0.3 is 4.90 Å². The average Bonchev–Trinajstić information content (AvgIpc) is 2.30. The van der Waals surface area contributed by atoms with E-state index in [2.05, 4.69) is 17.5 Å². The van der Waals surface area contributed by atoms with E-state index in [0.29, 0.717) is 0 Å². The second-order valence-electron chi connectivity index (χ2n) is 5.22. The first-order valence-corrected chi connectivity index (χ1v) is 7.40. The molecule has 0 spiro atoms. The molecule has 0 bridgehead atoms. The minimum Gasteiger partial charge on any atom is -0.300 e. The largest absolute Gasteiger partial charge is 0.300 e. The van der Waals surface area contributed by atoms with Crippen molar-refractivity contribution in [3.05, 3.63) is 0 Å². The number of hydrogen-bond donors (Lipinski definition) is 1. The van der Waals surface area contributed by atoms with Gasteiger partial charge in [-0.1, -0.05) is 12.8 Å². The van der Waals surface area contributed by atoms with Gasteiger partial charge in [-0.25, -0.2) is 0 Å². The Morgan fingerprint density at radius 1 is 1.00 bits per heavy atom. The van der Waals surface area contributed by atoms with Gasteiger partial charge in [0.15, 0.2) is 0 Å². The molecule has 1 saturated heterocycles. The fourth-order valence-electron chi connectivity index (χ4n) is 3.43. The van der Waals surface area contributed by atoms with Crippen molar-refractivity contribution in [1.29, 1.82) is 0 Å². The molecule has 15 heavy (non-hydrogen) atoms. The van der Waals surface area contributed by atoms with E-state index < -0.39 is 0 Å². The molecule has 2 atom stereocenters. The highest BCUT2D eigenvalue weighted by Gasteiger charge is 2.32. The van der Waals surface area contributed by atoms with Crippen molar-refractivity contribution < 1.29 is 0 Å². The van der Waals surface area contributed by atoms with Gasteiger partial charge in [-0.3, -0.25) is 0 Å². The van der Waals surface area contributed by atoms with Crippen LogP contribution in [-0.4, -0.2) is 29.8 Å². The number of rotatable bonds is 4. The van der Waals surface area contributed by atoms with Crippen molar-refractivity contribution in [3.63, 3.8) is 0 Å². The first-order chi connectivity index (χ1) is 7.42. The van der Waals surface area contributed by atoms with Crippen LogP contribution in [0.2, 0.25) is 0 Å². The number of thiol groups is 1. The predicted octanol–water partition coefficient (Wildman–Crippen LogP) is 3.35. The van der Waals surface area contributed by atoms with Crippen LogP contribution < -0.4 is 0 Å². The smallest absolute Gasteiger partial charge is 0.0123 e. The van der Waals surface area contributed by atoms with Crippen LogP contribution in [-0.2, 0) is 0 Å². The lowest BCUT2D eigenvalue weighted by Crippen LogP contribution is -2.47. The lowest BCUT2D eigenvalue weighted by Gasteiger charge is -2.44. The Balaban J connectivity index is 1.81. The lowest BCUT2D eigenvalue weighted by atomic mass is 9.78. The maximum atomic E-state index is 4.29. The SMILES string of the molecule is SCCCCN1CCCC2CCCCC21. The van der Waals surface area contributed by atoms with Gasteiger partial charge in [0.25, 0.3) is 0 Å². The molecule has 0 aromatic rings. The maximum Gasteiger partial charge on any atom is 0.0123 e. The monoisotopic (exact) mass is 227 g/mol. The van der Waals surface area contributed by atoms with Crippen molar-refractivity contribution in [2.75, 3.05) is 18.8 Å². The molecule has 0 aromatic heterocycles. The van der Waals surface area contributed by atoms with Crippen LogP contribution in [0, 0.1) is 5.92 Å². The molecule has 1 heterocycles. The highest BCUT2D eigenvalue weighted by Crippen LogP contribution is 2.35. The van der Waals surface area contributed by atoms with Crippen LogP contribution >= 0.6 is 12.6 Å². The fraction of sp³-hybridized carbons (Fsp3) is 1.00.